The van der Waals surface area contributed by atoms with Crippen molar-refractivity contribution in [3.05, 3.63) is 11.1 Å². The number of hydrogen-bond donors (Lipinski definition) is 3. The Morgan fingerprint density at radius 3 is 2.75 bits per heavy atom. The first kappa shape index (κ1) is 25.8. The maximum absolute atomic E-state index is 12.6. The summed E-state index contributed by atoms with van der Waals surface area (Å²) >= 11 is 2.75. The number of nitrogens with zero attached hydrogens (tertiary/aromatic N) is 2. The van der Waals surface area contributed by atoms with Crippen molar-refractivity contribution < 1.29 is 54.2 Å². The number of hydrogen-bond acceptors (Lipinski definition) is 9. The molecule has 0 radical (unpaired) electrons. The van der Waals surface area contributed by atoms with Crippen molar-refractivity contribution in [3.8, 4) is 0 Å². The zero-order valence-corrected chi connectivity index (χ0v) is 22.1. The average molecular weight is 491 g/mol. The summed E-state index contributed by atoms with van der Waals surface area (Å²) in [6.07, 6.45) is 2.59. The van der Waals surface area contributed by atoms with Crippen LogP contribution in [0.5, 0.6) is 0 Å². The number of β-lactam (4-membered cyclic amide) rings is 1. The van der Waals surface area contributed by atoms with Crippen LogP contribution in [0.4, 0.5) is 5.13 Å². The van der Waals surface area contributed by atoms with Crippen LogP contribution < -0.4 is 45.7 Å². The molecule has 1 aromatic heterocycles. The van der Waals surface area contributed by atoms with Gasteiger partial charge in [0.1, 0.15) is 11.4 Å². The molecule has 1 aromatic rings. The van der Waals surface area contributed by atoms with E-state index in [0.29, 0.717) is 24.4 Å². The number of nitrogen functional groups attached to an aromatic ring is 1. The largest absolute Gasteiger partial charge is 1.00 e. The third-order valence-electron chi connectivity index (χ3n) is 6.61. The molecule has 170 valence electrons. The molecule has 1 aliphatic carbocycles. The first-order valence-electron chi connectivity index (χ1n) is 10.5. The van der Waals surface area contributed by atoms with Gasteiger partial charge in [0.2, 0.25) is 11.8 Å². The third-order valence-corrected chi connectivity index (χ3v) is 8.87. The van der Waals surface area contributed by atoms with Crippen LogP contribution in [0, 0.1) is 5.92 Å². The minimum atomic E-state index is -1.27. The van der Waals surface area contributed by atoms with Crippen LogP contribution in [0.3, 0.4) is 0 Å². The van der Waals surface area contributed by atoms with Gasteiger partial charge in [-0.05, 0) is 45.4 Å². The van der Waals surface area contributed by atoms with Gasteiger partial charge >= 0.3 is 29.6 Å². The summed E-state index contributed by atoms with van der Waals surface area (Å²) in [6, 6.07) is -1.70. The fourth-order valence-corrected chi connectivity index (χ4v) is 7.33. The smallest absolute Gasteiger partial charge is 0.548 e. The van der Waals surface area contributed by atoms with Crippen molar-refractivity contribution in [2.24, 2.45) is 5.92 Å². The van der Waals surface area contributed by atoms with Gasteiger partial charge in [0.15, 0.2) is 5.13 Å². The standard InChI is InChI=1S/C20H28N4O5S2.Na/c1-20(2)15(18(28)29)24-16(27)14(17(24)31-20)23-13(26)6-4-9-3-5-10(25)7-11(9)12-8-30-19(21)22-12;/h8-11,14-15,17,25H,3-7H2,1-2H3,(H2,21,22)(H,23,26)(H,28,29);/q;+1/p-1/t9?,10-,11-,14-,15+,17-;/m1./s1. The molecule has 0 spiro atoms. The number of aliphatic hydroxyl groups excluding tert-OH is 1. The number of aliphatic carboxylic acids is 1. The maximum atomic E-state index is 12.6. The van der Waals surface area contributed by atoms with Crippen LogP contribution in [-0.2, 0) is 14.4 Å². The number of nitrogens with two attached hydrogens (primary N) is 1. The van der Waals surface area contributed by atoms with Crippen LogP contribution in [0.25, 0.3) is 0 Å². The summed E-state index contributed by atoms with van der Waals surface area (Å²) in [6.45, 7) is 3.54. The predicted octanol–water partition coefficient (Wildman–Crippen LogP) is -2.95. The SMILES string of the molecule is CC1(C)S[C@@H]2[C@H](NC(=O)CCC3CC[C@@H](O)C[C@H]3c3csc(N)n3)C(=O)N2[C@H]1C(=O)[O-].[Na+]. The second-order valence-electron chi connectivity index (χ2n) is 9.11. The number of amides is 2. The molecule has 3 aliphatic rings. The van der Waals surface area contributed by atoms with Crippen LogP contribution in [-0.4, -0.2) is 61.1 Å². The van der Waals surface area contributed by atoms with Crippen molar-refractivity contribution in [2.45, 2.75) is 80.2 Å². The molecule has 4 N–H and O–H groups in total. The van der Waals surface area contributed by atoms with E-state index < -0.39 is 22.8 Å². The number of nitrogens with one attached hydrogen (secondary N) is 1. The number of aromatic nitrogens is 1. The van der Waals surface area contributed by atoms with Gasteiger partial charge in [-0.15, -0.1) is 23.1 Å². The van der Waals surface area contributed by atoms with Crippen LogP contribution in [0.1, 0.15) is 57.6 Å². The van der Waals surface area contributed by atoms with E-state index in [1.807, 2.05) is 5.38 Å². The Balaban J connectivity index is 0.00000289. The fourth-order valence-electron chi connectivity index (χ4n) is 5.08. The molecule has 1 saturated carbocycles. The first-order chi connectivity index (χ1) is 14.6. The molecule has 3 heterocycles. The number of rotatable bonds is 6. The van der Waals surface area contributed by atoms with Crippen molar-refractivity contribution in [1.82, 2.24) is 15.2 Å². The van der Waals surface area contributed by atoms with E-state index in [2.05, 4.69) is 10.3 Å². The monoisotopic (exact) mass is 490 g/mol. The number of thioether (sulfide) groups is 1. The van der Waals surface area contributed by atoms with Gasteiger partial charge in [0, 0.05) is 22.5 Å². The Hall–Kier alpha value is -0.850. The molecule has 32 heavy (non-hydrogen) atoms. The molecular formula is C20H27N4NaO5S2. The van der Waals surface area contributed by atoms with Crippen molar-refractivity contribution >= 4 is 46.0 Å². The molecule has 2 saturated heterocycles. The second-order valence-corrected chi connectivity index (χ2v) is 11.8. The third kappa shape index (κ3) is 4.83. The Morgan fingerprint density at radius 2 is 2.12 bits per heavy atom. The van der Waals surface area contributed by atoms with Gasteiger partial charge in [-0.1, -0.05) is 0 Å². The summed E-state index contributed by atoms with van der Waals surface area (Å²) in [7, 11) is 0. The van der Waals surface area contributed by atoms with E-state index in [9.17, 15) is 24.6 Å². The Bertz CT molecular complexity index is 897. The summed E-state index contributed by atoms with van der Waals surface area (Å²) in [5, 5.41) is 26.4. The zero-order valence-electron chi connectivity index (χ0n) is 18.4. The molecule has 4 rings (SSSR count). The topological polar surface area (TPSA) is 149 Å². The Kier molecular flexibility index (Phi) is 7.88. The van der Waals surface area contributed by atoms with Crippen molar-refractivity contribution in [1.29, 1.82) is 0 Å². The minimum absolute atomic E-state index is 0. The van der Waals surface area contributed by atoms with Gasteiger partial charge in [0.25, 0.3) is 0 Å². The molecule has 3 fully saturated rings. The first-order valence-corrected chi connectivity index (χ1v) is 12.2. The van der Waals surface area contributed by atoms with E-state index in [4.69, 9.17) is 5.73 Å². The maximum Gasteiger partial charge on any atom is 1.00 e. The number of carboxylic acids is 1. The van der Waals surface area contributed by atoms with E-state index in [-0.39, 0.29) is 71.1 Å². The Labute approximate surface area is 217 Å². The number of carbonyl (C=O) groups is 3. The second kappa shape index (κ2) is 9.79. The zero-order chi connectivity index (χ0) is 22.5. The molecular weight excluding hydrogens is 463 g/mol. The number of anilines is 1. The number of thiazole rings is 1. The average Bonchev–Trinajstić information content (AvgIpc) is 3.23. The van der Waals surface area contributed by atoms with Crippen LogP contribution >= 0.6 is 23.1 Å². The van der Waals surface area contributed by atoms with Gasteiger partial charge in [-0.25, -0.2) is 4.98 Å². The Morgan fingerprint density at radius 1 is 1.41 bits per heavy atom. The molecule has 0 aromatic carbocycles. The quantitative estimate of drug-likeness (QED) is 0.283. The van der Waals surface area contributed by atoms with E-state index in [0.717, 1.165) is 12.1 Å². The summed E-state index contributed by atoms with van der Waals surface area (Å²) < 4.78 is -0.676. The normalized spacial score (nSPS) is 33.1. The molecule has 1 unspecified atom stereocenters. The molecule has 0 bridgehead atoms. The molecule has 2 amide bonds. The van der Waals surface area contributed by atoms with E-state index in [1.165, 1.54) is 28.0 Å². The van der Waals surface area contributed by atoms with Crippen molar-refractivity contribution in [2.75, 3.05) is 5.73 Å². The van der Waals surface area contributed by atoms with E-state index >= 15 is 0 Å². The predicted molar refractivity (Wildman–Crippen MR) is 115 cm³/mol. The van der Waals surface area contributed by atoms with Crippen LogP contribution in [0.2, 0.25) is 0 Å². The van der Waals surface area contributed by atoms with Gasteiger partial charge in [-0.3, -0.25) is 9.59 Å². The van der Waals surface area contributed by atoms with E-state index in [1.54, 1.807) is 13.8 Å². The van der Waals surface area contributed by atoms with Gasteiger partial charge in [0.05, 0.1) is 23.8 Å². The summed E-state index contributed by atoms with van der Waals surface area (Å²) in [4.78, 5) is 42.3. The fraction of sp³-hybridized carbons (Fsp3) is 0.700. The summed E-state index contributed by atoms with van der Waals surface area (Å²) in [5.74, 6) is -1.61. The number of carboxylic acid groups (broad SMARTS) is 1. The van der Waals surface area contributed by atoms with Crippen molar-refractivity contribution in [3.63, 3.8) is 0 Å². The molecule has 2 aliphatic heterocycles. The minimum Gasteiger partial charge on any atom is -0.548 e. The van der Waals surface area contributed by atoms with Gasteiger partial charge in [-0.2, -0.15) is 0 Å². The van der Waals surface area contributed by atoms with Gasteiger partial charge < -0.3 is 31.0 Å². The molecule has 9 nitrogen and oxygen atoms in total. The summed E-state index contributed by atoms with van der Waals surface area (Å²) in [5.41, 5.74) is 6.64. The number of aliphatic hydroxyl groups is 1. The number of fused-ring (bicyclic) bond motifs is 1. The van der Waals surface area contributed by atoms with Crippen LogP contribution in [0.15, 0.2) is 5.38 Å². The number of carbonyl (C=O) groups excluding carboxylic acids is 3. The molecule has 12 heteroatoms. The molecule has 6 atom stereocenters.